The van der Waals surface area contributed by atoms with Crippen LogP contribution in [0.5, 0.6) is 5.75 Å². The van der Waals surface area contributed by atoms with Crippen LogP contribution in [0.25, 0.3) is 0 Å². The first-order valence-electron chi connectivity index (χ1n) is 3.79. The summed E-state index contributed by atoms with van der Waals surface area (Å²) in [5.41, 5.74) is 1.25. The monoisotopic (exact) mass is 148 g/mol. The van der Waals surface area contributed by atoms with Gasteiger partial charge in [0, 0.05) is 0 Å². The average Bonchev–Trinajstić information content (AvgIpc) is 1.86. The van der Waals surface area contributed by atoms with Gasteiger partial charge in [0.1, 0.15) is 13.6 Å². The van der Waals surface area contributed by atoms with Crippen molar-refractivity contribution in [3.63, 3.8) is 0 Å². The summed E-state index contributed by atoms with van der Waals surface area (Å²) in [6.07, 6.45) is 0. The van der Waals surface area contributed by atoms with Crippen molar-refractivity contribution in [2.24, 2.45) is 0 Å². The SMILES string of the molecule is BC(C)(C)c1ccc(O)cc1. The topological polar surface area (TPSA) is 20.2 Å². The first-order chi connectivity index (χ1) is 5.00. The number of benzene rings is 1. The predicted molar refractivity (Wildman–Crippen MR) is 49.7 cm³/mol. The van der Waals surface area contributed by atoms with Gasteiger partial charge in [0.05, 0.1) is 0 Å². The van der Waals surface area contributed by atoms with E-state index in [1.54, 1.807) is 12.1 Å². The third kappa shape index (κ3) is 2.00. The van der Waals surface area contributed by atoms with E-state index in [0.29, 0.717) is 5.75 Å². The Morgan fingerprint density at radius 3 is 2.00 bits per heavy atom. The highest BCUT2D eigenvalue weighted by molar-refractivity contribution is 6.15. The van der Waals surface area contributed by atoms with Crippen LogP contribution < -0.4 is 0 Å². The zero-order valence-electron chi connectivity index (χ0n) is 7.26. The van der Waals surface area contributed by atoms with Crippen molar-refractivity contribution >= 4 is 7.85 Å². The van der Waals surface area contributed by atoms with Crippen molar-refractivity contribution in [1.29, 1.82) is 0 Å². The molecule has 0 atom stereocenters. The van der Waals surface area contributed by atoms with E-state index in [-0.39, 0.29) is 5.31 Å². The van der Waals surface area contributed by atoms with Crippen LogP contribution in [-0.4, -0.2) is 13.0 Å². The standard InChI is InChI=1S/C9H13BO/c1-9(2,10)7-3-5-8(11)6-4-7/h3-6,11H,10H2,1-2H3. The molecule has 0 aliphatic heterocycles. The lowest BCUT2D eigenvalue weighted by Gasteiger charge is -2.18. The van der Waals surface area contributed by atoms with E-state index in [2.05, 4.69) is 21.7 Å². The smallest absolute Gasteiger partial charge is 0.115 e. The number of hydrogen-bond acceptors (Lipinski definition) is 1. The molecule has 0 saturated carbocycles. The fourth-order valence-electron chi connectivity index (χ4n) is 0.961. The van der Waals surface area contributed by atoms with Gasteiger partial charge in [-0.1, -0.05) is 31.5 Å². The molecular weight excluding hydrogens is 135 g/mol. The minimum Gasteiger partial charge on any atom is -0.508 e. The molecule has 0 heterocycles. The minimum atomic E-state index is 0.174. The minimum absolute atomic E-state index is 0.174. The fourth-order valence-corrected chi connectivity index (χ4v) is 0.961. The summed E-state index contributed by atoms with van der Waals surface area (Å²) in [6.45, 7) is 4.30. The van der Waals surface area contributed by atoms with Crippen LogP contribution in [0.4, 0.5) is 0 Å². The lowest BCUT2D eigenvalue weighted by atomic mass is 9.67. The Morgan fingerprint density at radius 2 is 1.64 bits per heavy atom. The van der Waals surface area contributed by atoms with E-state index in [9.17, 15) is 0 Å². The molecule has 11 heavy (non-hydrogen) atoms. The van der Waals surface area contributed by atoms with Gasteiger partial charge in [0.15, 0.2) is 0 Å². The molecule has 1 nitrogen and oxygen atoms in total. The second-order valence-corrected chi connectivity index (χ2v) is 3.80. The molecule has 1 N–H and O–H groups in total. The number of hydrogen-bond donors (Lipinski definition) is 1. The Labute approximate surface area is 68.5 Å². The molecule has 0 unspecified atom stereocenters. The normalized spacial score (nSPS) is 11.5. The maximum atomic E-state index is 9.02. The molecule has 0 spiro atoms. The van der Waals surface area contributed by atoms with Gasteiger partial charge in [-0.3, -0.25) is 0 Å². The number of rotatable bonds is 1. The highest BCUT2D eigenvalue weighted by Gasteiger charge is 2.12. The van der Waals surface area contributed by atoms with Gasteiger partial charge in [-0.05, 0) is 17.4 Å². The van der Waals surface area contributed by atoms with Crippen LogP contribution in [0.3, 0.4) is 0 Å². The molecular formula is C9H13BO. The van der Waals surface area contributed by atoms with E-state index in [0.717, 1.165) is 0 Å². The molecule has 1 rings (SSSR count). The Kier molecular flexibility index (Phi) is 1.94. The van der Waals surface area contributed by atoms with Crippen molar-refractivity contribution in [3.8, 4) is 5.75 Å². The van der Waals surface area contributed by atoms with Crippen LogP contribution in [0, 0.1) is 0 Å². The lowest BCUT2D eigenvalue weighted by molar-refractivity contribution is 0.475. The molecule has 0 aromatic heterocycles. The summed E-state index contributed by atoms with van der Waals surface area (Å²) in [5.74, 6) is 0.331. The fraction of sp³-hybridized carbons (Fsp3) is 0.333. The van der Waals surface area contributed by atoms with Crippen molar-refractivity contribution in [3.05, 3.63) is 29.8 Å². The van der Waals surface area contributed by atoms with Gasteiger partial charge >= 0.3 is 0 Å². The van der Waals surface area contributed by atoms with E-state index in [4.69, 9.17) is 5.11 Å². The Hall–Kier alpha value is -0.915. The van der Waals surface area contributed by atoms with Crippen LogP contribution in [0.15, 0.2) is 24.3 Å². The Balaban J connectivity index is 2.99. The van der Waals surface area contributed by atoms with Crippen LogP contribution >= 0.6 is 0 Å². The molecule has 2 heteroatoms. The van der Waals surface area contributed by atoms with E-state index in [1.165, 1.54) is 5.56 Å². The van der Waals surface area contributed by atoms with Gasteiger partial charge in [0.25, 0.3) is 0 Å². The number of phenols is 1. The first-order valence-corrected chi connectivity index (χ1v) is 3.79. The maximum absolute atomic E-state index is 9.02. The third-order valence-corrected chi connectivity index (χ3v) is 1.73. The quantitative estimate of drug-likeness (QED) is 0.594. The first kappa shape index (κ1) is 8.18. The summed E-state index contributed by atoms with van der Waals surface area (Å²) in [5, 5.41) is 9.20. The molecule has 0 amide bonds. The zero-order chi connectivity index (χ0) is 8.48. The van der Waals surface area contributed by atoms with Gasteiger partial charge in [-0.25, -0.2) is 0 Å². The maximum Gasteiger partial charge on any atom is 0.115 e. The van der Waals surface area contributed by atoms with Crippen molar-refractivity contribution in [2.75, 3.05) is 0 Å². The molecule has 0 aliphatic rings. The van der Waals surface area contributed by atoms with Crippen molar-refractivity contribution < 1.29 is 5.11 Å². The Bertz CT molecular complexity index is 233. The molecule has 0 bridgehead atoms. The van der Waals surface area contributed by atoms with Crippen LogP contribution in [0.1, 0.15) is 19.4 Å². The van der Waals surface area contributed by atoms with Crippen LogP contribution in [0.2, 0.25) is 0 Å². The third-order valence-electron chi connectivity index (χ3n) is 1.73. The van der Waals surface area contributed by atoms with E-state index < -0.39 is 0 Å². The highest BCUT2D eigenvalue weighted by Crippen LogP contribution is 2.20. The molecule has 0 radical (unpaired) electrons. The molecule has 0 aliphatic carbocycles. The number of aromatic hydroxyl groups is 1. The summed E-state index contributed by atoms with van der Waals surface area (Å²) in [6, 6.07) is 7.35. The van der Waals surface area contributed by atoms with Gasteiger partial charge in [0.2, 0.25) is 0 Å². The van der Waals surface area contributed by atoms with Crippen molar-refractivity contribution in [1.82, 2.24) is 0 Å². The summed E-state index contributed by atoms with van der Waals surface area (Å²) in [7, 11) is 2.15. The summed E-state index contributed by atoms with van der Waals surface area (Å²) < 4.78 is 0. The van der Waals surface area contributed by atoms with Gasteiger partial charge in [-0.2, -0.15) is 0 Å². The van der Waals surface area contributed by atoms with Gasteiger partial charge in [-0.15, -0.1) is 0 Å². The highest BCUT2D eigenvalue weighted by atomic mass is 16.3. The number of phenolic OH excluding ortho intramolecular Hbond substituents is 1. The summed E-state index contributed by atoms with van der Waals surface area (Å²) in [4.78, 5) is 0. The second-order valence-electron chi connectivity index (χ2n) is 3.80. The largest absolute Gasteiger partial charge is 0.508 e. The average molecular weight is 148 g/mol. The van der Waals surface area contributed by atoms with Crippen molar-refractivity contribution in [2.45, 2.75) is 19.2 Å². The Morgan fingerprint density at radius 1 is 1.18 bits per heavy atom. The molecule has 58 valence electrons. The summed E-state index contributed by atoms with van der Waals surface area (Å²) >= 11 is 0. The molecule has 1 aromatic carbocycles. The van der Waals surface area contributed by atoms with E-state index >= 15 is 0 Å². The molecule has 0 fully saturated rings. The van der Waals surface area contributed by atoms with E-state index in [1.807, 2.05) is 12.1 Å². The molecule has 1 aromatic rings. The lowest BCUT2D eigenvalue weighted by Crippen LogP contribution is -2.15. The predicted octanol–water partition coefficient (Wildman–Crippen LogP) is 1.26. The molecule has 0 saturated heterocycles. The van der Waals surface area contributed by atoms with Gasteiger partial charge < -0.3 is 5.11 Å². The van der Waals surface area contributed by atoms with Crippen LogP contribution in [-0.2, 0) is 5.31 Å². The second kappa shape index (κ2) is 2.61. The zero-order valence-corrected chi connectivity index (χ0v) is 7.26.